The molecule has 1 aromatic rings. The van der Waals surface area contributed by atoms with Crippen LogP contribution >= 0.6 is 0 Å². The predicted octanol–water partition coefficient (Wildman–Crippen LogP) is 0.736. The van der Waals surface area contributed by atoms with Gasteiger partial charge >= 0.3 is 5.97 Å². The third-order valence-corrected chi connectivity index (χ3v) is 4.22. The lowest BCUT2D eigenvalue weighted by Gasteiger charge is -2.10. The summed E-state index contributed by atoms with van der Waals surface area (Å²) in [6.45, 7) is 3.04. The van der Waals surface area contributed by atoms with E-state index in [-0.39, 0.29) is 29.7 Å². The second-order valence-corrected chi connectivity index (χ2v) is 7.41. The fourth-order valence-electron chi connectivity index (χ4n) is 1.78. The molecule has 0 bridgehead atoms. The van der Waals surface area contributed by atoms with Gasteiger partial charge in [0.25, 0.3) is 0 Å². The highest BCUT2D eigenvalue weighted by molar-refractivity contribution is 7.89. The molecule has 0 aliphatic carbocycles. The zero-order chi connectivity index (χ0) is 19.0. The number of amides is 1. The van der Waals surface area contributed by atoms with Crippen LogP contribution in [0.3, 0.4) is 0 Å². The molecule has 1 amide bonds. The first-order valence-corrected chi connectivity index (χ1v) is 9.13. The van der Waals surface area contributed by atoms with E-state index in [1.165, 1.54) is 12.1 Å². The lowest BCUT2D eigenvalue weighted by molar-refractivity contribution is -0.136. The Kier molecular flexibility index (Phi) is 7.94. The molecule has 8 nitrogen and oxygen atoms in total. The lowest BCUT2D eigenvalue weighted by Crippen LogP contribution is -2.35. The molecule has 0 aromatic heterocycles. The number of carboxylic acid groups (broad SMARTS) is 1. The summed E-state index contributed by atoms with van der Waals surface area (Å²) in [4.78, 5) is 22.3. The number of anilines is 1. The summed E-state index contributed by atoms with van der Waals surface area (Å²) in [7, 11) is -3.67. The first kappa shape index (κ1) is 21.0. The maximum absolute atomic E-state index is 13.7. The van der Waals surface area contributed by atoms with Crippen molar-refractivity contribution in [1.82, 2.24) is 4.72 Å². The van der Waals surface area contributed by atoms with Crippen molar-refractivity contribution < 1.29 is 32.2 Å². The molecular formula is C15H21FN2O6S. The molecule has 140 valence electrons. The Balaban J connectivity index is 2.51. The molecule has 0 saturated heterocycles. The quantitative estimate of drug-likeness (QED) is 0.554. The smallest absolute Gasteiger partial charge is 0.307 e. The van der Waals surface area contributed by atoms with Crippen LogP contribution in [0.4, 0.5) is 10.1 Å². The highest BCUT2D eigenvalue weighted by atomic mass is 32.2. The normalized spacial score (nSPS) is 11.5. The number of carboxylic acids is 1. The van der Waals surface area contributed by atoms with Gasteiger partial charge in [0, 0.05) is 5.69 Å². The number of hydrogen-bond acceptors (Lipinski definition) is 5. The van der Waals surface area contributed by atoms with Crippen LogP contribution in [0.2, 0.25) is 0 Å². The number of hydrogen-bond donors (Lipinski definition) is 3. The van der Waals surface area contributed by atoms with Crippen LogP contribution in [0.5, 0.6) is 0 Å². The van der Waals surface area contributed by atoms with Crippen molar-refractivity contribution in [2.75, 3.05) is 24.2 Å². The van der Waals surface area contributed by atoms with E-state index >= 15 is 0 Å². The summed E-state index contributed by atoms with van der Waals surface area (Å²) < 4.78 is 44.3. The van der Waals surface area contributed by atoms with Crippen LogP contribution in [0.25, 0.3) is 0 Å². The van der Waals surface area contributed by atoms with E-state index in [2.05, 4.69) is 10.0 Å². The minimum Gasteiger partial charge on any atom is -0.481 e. The van der Waals surface area contributed by atoms with Crippen LogP contribution in [0.15, 0.2) is 18.2 Å². The van der Waals surface area contributed by atoms with Gasteiger partial charge in [-0.3, -0.25) is 9.59 Å². The second-order valence-electron chi connectivity index (χ2n) is 5.48. The Morgan fingerprint density at radius 3 is 2.56 bits per heavy atom. The molecule has 0 saturated carbocycles. The first-order valence-electron chi connectivity index (χ1n) is 7.48. The number of aliphatic carboxylic acids is 1. The van der Waals surface area contributed by atoms with Gasteiger partial charge in [-0.15, -0.1) is 0 Å². The molecule has 0 atom stereocenters. The van der Waals surface area contributed by atoms with Gasteiger partial charge in [-0.2, -0.15) is 0 Å². The number of carbonyl (C=O) groups excluding carboxylic acids is 1. The SMILES string of the molecule is CC(C)OCCS(=O)(=O)NCC(=O)Nc1ccc(CC(=O)O)c(F)c1. The summed E-state index contributed by atoms with van der Waals surface area (Å²) in [6, 6.07) is 3.55. The van der Waals surface area contributed by atoms with Gasteiger partial charge in [-0.25, -0.2) is 17.5 Å². The van der Waals surface area contributed by atoms with Crippen LogP contribution < -0.4 is 10.0 Å². The first-order chi connectivity index (χ1) is 11.6. The molecule has 0 fully saturated rings. The minimum atomic E-state index is -3.67. The van der Waals surface area contributed by atoms with Crippen molar-refractivity contribution in [3.05, 3.63) is 29.6 Å². The topological polar surface area (TPSA) is 122 Å². The van der Waals surface area contributed by atoms with Crippen molar-refractivity contribution in [3.8, 4) is 0 Å². The predicted molar refractivity (Wildman–Crippen MR) is 89.2 cm³/mol. The van der Waals surface area contributed by atoms with Gasteiger partial charge in [0.1, 0.15) is 5.82 Å². The van der Waals surface area contributed by atoms with E-state index in [0.29, 0.717) is 0 Å². The van der Waals surface area contributed by atoms with Gasteiger partial charge in [0.2, 0.25) is 15.9 Å². The number of halogens is 1. The fraction of sp³-hybridized carbons (Fsp3) is 0.467. The van der Waals surface area contributed by atoms with Crippen LogP contribution in [0.1, 0.15) is 19.4 Å². The van der Waals surface area contributed by atoms with Gasteiger partial charge in [0.15, 0.2) is 0 Å². The summed E-state index contributed by atoms with van der Waals surface area (Å²) in [5, 5.41) is 11.0. The molecule has 25 heavy (non-hydrogen) atoms. The zero-order valence-corrected chi connectivity index (χ0v) is 14.7. The largest absolute Gasteiger partial charge is 0.481 e. The molecule has 0 aliphatic heterocycles. The maximum atomic E-state index is 13.7. The van der Waals surface area contributed by atoms with Crippen LogP contribution in [-0.4, -0.2) is 50.4 Å². The lowest BCUT2D eigenvalue weighted by atomic mass is 10.1. The molecule has 1 aromatic carbocycles. The number of sulfonamides is 1. The van der Waals surface area contributed by atoms with E-state index in [0.717, 1.165) is 6.07 Å². The standard InChI is InChI=1S/C15H21FN2O6S/c1-10(2)24-5-6-25(22,23)17-9-14(19)18-12-4-3-11(7-15(20)21)13(16)8-12/h3-4,8,10,17H,5-7,9H2,1-2H3,(H,18,19)(H,20,21). The molecule has 1 rings (SSSR count). The summed E-state index contributed by atoms with van der Waals surface area (Å²) >= 11 is 0. The van der Waals surface area contributed by atoms with Gasteiger partial charge < -0.3 is 15.2 Å². The van der Waals surface area contributed by atoms with Crippen molar-refractivity contribution in [2.45, 2.75) is 26.4 Å². The molecule has 0 unspecified atom stereocenters. The van der Waals surface area contributed by atoms with E-state index in [4.69, 9.17) is 9.84 Å². The van der Waals surface area contributed by atoms with Gasteiger partial charge in [-0.1, -0.05) is 6.07 Å². The van der Waals surface area contributed by atoms with Crippen LogP contribution in [0, 0.1) is 5.82 Å². The fourth-order valence-corrected chi connectivity index (χ4v) is 2.59. The molecule has 0 heterocycles. The number of nitrogens with one attached hydrogen (secondary N) is 2. The van der Waals surface area contributed by atoms with E-state index < -0.39 is 40.7 Å². The number of ether oxygens (including phenoxy) is 1. The third kappa shape index (κ3) is 8.57. The van der Waals surface area contributed by atoms with E-state index in [1.807, 2.05) is 0 Å². The Hall–Kier alpha value is -2.04. The minimum absolute atomic E-state index is 0.00483. The molecule has 10 heteroatoms. The number of rotatable bonds is 10. The Labute approximate surface area is 145 Å². The maximum Gasteiger partial charge on any atom is 0.307 e. The van der Waals surface area contributed by atoms with Crippen LogP contribution in [-0.2, 0) is 30.8 Å². The summed E-state index contributed by atoms with van der Waals surface area (Å²) in [6.07, 6.45) is -0.573. The Morgan fingerprint density at radius 2 is 2.00 bits per heavy atom. The molecule has 3 N–H and O–H groups in total. The number of benzene rings is 1. The van der Waals surface area contributed by atoms with E-state index in [9.17, 15) is 22.4 Å². The van der Waals surface area contributed by atoms with Crippen molar-refractivity contribution in [3.63, 3.8) is 0 Å². The Bertz CT molecular complexity index is 721. The molecule has 0 spiro atoms. The monoisotopic (exact) mass is 376 g/mol. The van der Waals surface area contributed by atoms with Gasteiger partial charge in [-0.05, 0) is 31.5 Å². The molecular weight excluding hydrogens is 355 g/mol. The average molecular weight is 376 g/mol. The molecule has 0 aliphatic rings. The highest BCUT2D eigenvalue weighted by Crippen LogP contribution is 2.15. The van der Waals surface area contributed by atoms with Crippen molar-refractivity contribution >= 4 is 27.6 Å². The molecule has 0 radical (unpaired) electrons. The Morgan fingerprint density at radius 1 is 1.32 bits per heavy atom. The summed E-state index contributed by atoms with van der Waals surface area (Å²) in [5.74, 6) is -2.91. The highest BCUT2D eigenvalue weighted by Gasteiger charge is 2.14. The van der Waals surface area contributed by atoms with Crippen molar-refractivity contribution in [2.24, 2.45) is 0 Å². The summed E-state index contributed by atoms with van der Waals surface area (Å²) in [5.41, 5.74) is 0.0790. The third-order valence-electron chi connectivity index (χ3n) is 2.93. The average Bonchev–Trinajstić information content (AvgIpc) is 2.47. The van der Waals surface area contributed by atoms with Gasteiger partial charge in [0.05, 0.1) is 31.4 Å². The van der Waals surface area contributed by atoms with E-state index in [1.54, 1.807) is 13.8 Å². The second kappa shape index (κ2) is 9.44. The number of carbonyl (C=O) groups is 2. The zero-order valence-electron chi connectivity index (χ0n) is 13.9. The van der Waals surface area contributed by atoms with Crippen molar-refractivity contribution in [1.29, 1.82) is 0 Å².